The van der Waals surface area contributed by atoms with Gasteiger partial charge in [-0.25, -0.2) is 0 Å². The van der Waals surface area contributed by atoms with Crippen molar-refractivity contribution in [2.24, 2.45) is 0 Å². The van der Waals surface area contributed by atoms with Crippen LogP contribution in [-0.2, 0) is 4.79 Å². The first kappa shape index (κ1) is 14.8. The van der Waals surface area contributed by atoms with Gasteiger partial charge in [-0.05, 0) is 30.0 Å². The zero-order chi connectivity index (χ0) is 15.4. The monoisotopic (exact) mass is 332 g/mol. The van der Waals surface area contributed by atoms with Gasteiger partial charge in [-0.2, -0.15) is 0 Å². The average molecular weight is 332 g/mol. The van der Waals surface area contributed by atoms with Crippen molar-refractivity contribution >= 4 is 29.1 Å². The molecule has 112 valence electrons. The summed E-state index contributed by atoms with van der Waals surface area (Å²) in [6.45, 7) is 1.89. The predicted molar refractivity (Wildman–Crippen MR) is 85.1 cm³/mol. The van der Waals surface area contributed by atoms with E-state index in [2.05, 4.69) is 10.2 Å². The van der Waals surface area contributed by atoms with Crippen LogP contribution in [0.5, 0.6) is 5.75 Å². The Kier molecular flexibility index (Phi) is 4.55. The first-order valence-corrected chi connectivity index (χ1v) is 8.35. The third-order valence-corrected chi connectivity index (χ3v) is 4.42. The van der Waals surface area contributed by atoms with E-state index in [-0.39, 0.29) is 11.7 Å². The molecule has 0 aliphatic heterocycles. The molecule has 0 N–H and O–H groups in total. The molecule has 2 heterocycles. The molecule has 0 atom stereocenters. The Hall–Kier alpha value is -2.12. The second kappa shape index (κ2) is 6.76. The van der Waals surface area contributed by atoms with E-state index in [0.29, 0.717) is 16.9 Å². The molecule has 2 aromatic heterocycles. The minimum Gasteiger partial charge on any atom is -0.426 e. The fraction of sp³-hybridized carbons (Fsp3) is 0.133. The molecule has 0 saturated carbocycles. The number of hydrogen-bond donors (Lipinski definition) is 0. The fourth-order valence-electron chi connectivity index (χ4n) is 1.71. The number of aromatic nitrogens is 2. The lowest BCUT2D eigenvalue weighted by molar-refractivity contribution is -0.131. The van der Waals surface area contributed by atoms with E-state index >= 15 is 0 Å². The molecule has 22 heavy (non-hydrogen) atoms. The van der Waals surface area contributed by atoms with Gasteiger partial charge < -0.3 is 9.15 Å². The lowest BCUT2D eigenvalue weighted by Crippen LogP contribution is -2.11. The van der Waals surface area contributed by atoms with Gasteiger partial charge in [-0.1, -0.05) is 36.0 Å². The molecule has 7 heteroatoms. The molecular formula is C15H12N2O3S2. The molecule has 1 aromatic carbocycles. The van der Waals surface area contributed by atoms with E-state index in [1.165, 1.54) is 11.3 Å². The van der Waals surface area contributed by atoms with Crippen molar-refractivity contribution in [2.45, 2.75) is 12.1 Å². The smallest absolute Gasteiger partial charge is 0.321 e. The van der Waals surface area contributed by atoms with Gasteiger partial charge in [0.1, 0.15) is 11.5 Å². The second-order valence-corrected chi connectivity index (χ2v) is 6.25. The number of hydrogen-bond acceptors (Lipinski definition) is 7. The number of aryl methyl sites for hydroxylation is 1. The number of esters is 1. The highest BCUT2D eigenvalue weighted by Gasteiger charge is 2.13. The zero-order valence-electron chi connectivity index (χ0n) is 11.7. The molecule has 0 unspecified atom stereocenters. The van der Waals surface area contributed by atoms with E-state index in [0.717, 1.165) is 22.2 Å². The first-order valence-electron chi connectivity index (χ1n) is 6.49. The lowest BCUT2D eigenvalue weighted by atomic mass is 10.2. The van der Waals surface area contributed by atoms with Crippen LogP contribution < -0.4 is 4.74 Å². The molecule has 0 fully saturated rings. The molecule has 3 aromatic rings. The van der Waals surface area contributed by atoms with Gasteiger partial charge in [0.25, 0.3) is 11.1 Å². The largest absolute Gasteiger partial charge is 0.426 e. The van der Waals surface area contributed by atoms with Gasteiger partial charge in [0.2, 0.25) is 0 Å². The fourth-order valence-corrected chi connectivity index (χ4v) is 2.89. The zero-order valence-corrected chi connectivity index (χ0v) is 13.3. The molecule has 0 saturated heterocycles. The van der Waals surface area contributed by atoms with Crippen molar-refractivity contribution in [2.75, 3.05) is 5.75 Å². The molecule has 0 aliphatic carbocycles. The summed E-state index contributed by atoms with van der Waals surface area (Å²) in [6, 6.07) is 11.2. The number of carbonyl (C=O) groups excluding carboxylic acids is 1. The molecule has 0 bridgehead atoms. The van der Waals surface area contributed by atoms with Crippen LogP contribution >= 0.6 is 23.1 Å². The SMILES string of the molecule is Cc1ccccc1OC(=O)CSc1nnc(-c2cccs2)o1. The minimum atomic E-state index is -0.352. The number of nitrogens with zero attached hydrogens (tertiary/aromatic N) is 2. The number of rotatable bonds is 5. The summed E-state index contributed by atoms with van der Waals surface area (Å²) in [5.74, 6) is 0.790. The Labute approximate surface area is 135 Å². The van der Waals surface area contributed by atoms with Gasteiger partial charge in [-0.15, -0.1) is 21.5 Å². The van der Waals surface area contributed by atoms with Crippen molar-refractivity contribution in [3.8, 4) is 16.5 Å². The second-order valence-electron chi connectivity index (χ2n) is 4.38. The number of para-hydroxylation sites is 1. The van der Waals surface area contributed by atoms with Crippen molar-refractivity contribution in [1.29, 1.82) is 0 Å². The van der Waals surface area contributed by atoms with E-state index in [1.54, 1.807) is 6.07 Å². The van der Waals surface area contributed by atoms with E-state index < -0.39 is 0 Å². The Morgan fingerprint density at radius 3 is 2.91 bits per heavy atom. The van der Waals surface area contributed by atoms with Crippen molar-refractivity contribution in [3.63, 3.8) is 0 Å². The number of benzene rings is 1. The molecule has 0 amide bonds. The molecule has 5 nitrogen and oxygen atoms in total. The van der Waals surface area contributed by atoms with Crippen molar-refractivity contribution < 1.29 is 13.9 Å². The lowest BCUT2D eigenvalue weighted by Gasteiger charge is -2.05. The van der Waals surface area contributed by atoms with Crippen LogP contribution in [-0.4, -0.2) is 21.9 Å². The third kappa shape index (κ3) is 3.55. The van der Waals surface area contributed by atoms with Crippen LogP contribution in [0.25, 0.3) is 10.8 Å². The van der Waals surface area contributed by atoms with Crippen LogP contribution in [0.4, 0.5) is 0 Å². The third-order valence-electron chi connectivity index (χ3n) is 2.77. The summed E-state index contributed by atoms with van der Waals surface area (Å²) in [6.07, 6.45) is 0. The Morgan fingerprint density at radius 2 is 2.14 bits per heavy atom. The van der Waals surface area contributed by atoms with Crippen molar-refractivity contribution in [3.05, 3.63) is 47.3 Å². The van der Waals surface area contributed by atoms with Crippen LogP contribution in [0.2, 0.25) is 0 Å². The average Bonchev–Trinajstić information content (AvgIpc) is 3.18. The number of ether oxygens (including phenoxy) is 1. The molecule has 0 aliphatic rings. The van der Waals surface area contributed by atoms with E-state index in [9.17, 15) is 4.79 Å². The van der Waals surface area contributed by atoms with Crippen LogP contribution in [0.3, 0.4) is 0 Å². The van der Waals surface area contributed by atoms with E-state index in [4.69, 9.17) is 9.15 Å². The molecule has 0 radical (unpaired) electrons. The van der Waals surface area contributed by atoms with Crippen LogP contribution in [0.1, 0.15) is 5.56 Å². The summed E-state index contributed by atoms with van der Waals surface area (Å²) in [5.41, 5.74) is 0.915. The Bertz CT molecular complexity index is 769. The summed E-state index contributed by atoms with van der Waals surface area (Å²) < 4.78 is 10.8. The van der Waals surface area contributed by atoms with Gasteiger partial charge in [0.05, 0.1) is 4.88 Å². The topological polar surface area (TPSA) is 65.2 Å². The van der Waals surface area contributed by atoms with Gasteiger partial charge >= 0.3 is 5.97 Å². The number of thiophene rings is 1. The molecule has 3 rings (SSSR count). The predicted octanol–water partition coefficient (Wildman–Crippen LogP) is 3.80. The maximum atomic E-state index is 11.8. The minimum absolute atomic E-state index is 0.112. The summed E-state index contributed by atoms with van der Waals surface area (Å²) in [7, 11) is 0. The van der Waals surface area contributed by atoms with Gasteiger partial charge in [0.15, 0.2) is 0 Å². The summed E-state index contributed by atoms with van der Waals surface area (Å²) in [4.78, 5) is 12.7. The van der Waals surface area contributed by atoms with Crippen LogP contribution in [0.15, 0.2) is 51.4 Å². The van der Waals surface area contributed by atoms with Gasteiger partial charge in [-0.3, -0.25) is 4.79 Å². The summed E-state index contributed by atoms with van der Waals surface area (Å²) in [5, 5.41) is 10.2. The number of carbonyl (C=O) groups is 1. The molecular weight excluding hydrogens is 320 g/mol. The standard InChI is InChI=1S/C15H12N2O3S2/c1-10-5-2-3-6-11(10)19-13(18)9-22-15-17-16-14(20-15)12-7-4-8-21-12/h2-8H,9H2,1H3. The maximum absolute atomic E-state index is 11.8. The quantitative estimate of drug-likeness (QED) is 0.402. The Balaban J connectivity index is 1.56. The van der Waals surface area contributed by atoms with Crippen molar-refractivity contribution in [1.82, 2.24) is 10.2 Å². The molecule has 0 spiro atoms. The van der Waals surface area contributed by atoms with Gasteiger partial charge in [0, 0.05) is 0 Å². The summed E-state index contributed by atoms with van der Waals surface area (Å²) >= 11 is 2.68. The van der Waals surface area contributed by atoms with E-state index in [1.807, 2.05) is 42.6 Å². The highest BCUT2D eigenvalue weighted by molar-refractivity contribution is 7.99. The highest BCUT2D eigenvalue weighted by Crippen LogP contribution is 2.26. The Morgan fingerprint density at radius 1 is 1.27 bits per heavy atom. The first-order chi connectivity index (χ1) is 10.7. The van der Waals surface area contributed by atoms with Crippen LogP contribution in [0, 0.1) is 6.92 Å². The number of thioether (sulfide) groups is 1. The maximum Gasteiger partial charge on any atom is 0.321 e. The normalized spacial score (nSPS) is 10.6. The highest BCUT2D eigenvalue weighted by atomic mass is 32.2.